The van der Waals surface area contributed by atoms with E-state index in [1.165, 1.54) is 0 Å². The molecule has 0 aromatic carbocycles. The van der Waals surface area contributed by atoms with Gasteiger partial charge in [0.05, 0.1) is 0 Å². The largest absolute Gasteiger partial charge is 1.00 e. The van der Waals surface area contributed by atoms with Crippen molar-refractivity contribution in [2.24, 2.45) is 0 Å². The van der Waals surface area contributed by atoms with Gasteiger partial charge in [-0.05, 0) is 6.10 Å². The van der Waals surface area contributed by atoms with Crippen LogP contribution in [0.1, 0.15) is 0 Å². The van der Waals surface area contributed by atoms with Crippen molar-refractivity contribution in [2.75, 3.05) is 6.61 Å². The molecule has 1 unspecified atom stereocenters. The Morgan fingerprint density at radius 1 is 1.80 bits per heavy atom. The number of hydrogen-bond donors (Lipinski definition) is 0. The van der Waals surface area contributed by atoms with E-state index in [-0.39, 0.29) is 19.5 Å². The molecule has 0 aliphatic carbocycles. The normalized spacial score (nSPS) is 31.8. The second-order valence-electron chi connectivity index (χ2n) is 0.955. The second-order valence-corrected chi connectivity index (χ2v) is 0.955. The van der Waals surface area contributed by atoms with Crippen LogP contribution in [0.2, 0.25) is 0 Å². The van der Waals surface area contributed by atoms with Gasteiger partial charge < -0.3 is 11.7 Å². The van der Waals surface area contributed by atoms with Crippen LogP contribution in [0.5, 0.6) is 0 Å². The average Bonchev–Trinajstić information content (AvgIpc) is 1.75. The van der Waals surface area contributed by atoms with E-state index in [0.29, 0.717) is 6.10 Å². The topological polar surface area (TPSA) is 12.5 Å². The third kappa shape index (κ3) is 2.38. The standard InChI is InChI=1S/C3H5O.Ru/c1-3-2-4-3;/h3H,1-2H2;/q-1;+1. The fourth-order valence-electron chi connectivity index (χ4n) is 0.0680. The minimum Gasteiger partial charge on any atom is -0.408 e. The third-order valence-electron chi connectivity index (χ3n) is 0.402. The van der Waals surface area contributed by atoms with E-state index < -0.39 is 0 Å². The summed E-state index contributed by atoms with van der Waals surface area (Å²) in [5.74, 6) is 0. The predicted octanol–water partition coefficient (Wildman–Crippen LogP) is 0.217. The Morgan fingerprint density at radius 3 is 2.00 bits per heavy atom. The number of hydrogen-bond acceptors (Lipinski definition) is 1. The van der Waals surface area contributed by atoms with Crippen molar-refractivity contribution in [1.29, 1.82) is 0 Å². The summed E-state index contributed by atoms with van der Waals surface area (Å²) in [7, 11) is 0. The summed E-state index contributed by atoms with van der Waals surface area (Å²) in [6.45, 7) is 4.40. The molecule has 0 N–H and O–H groups in total. The van der Waals surface area contributed by atoms with E-state index in [4.69, 9.17) is 0 Å². The Bertz CT molecular complexity index is 26.1. The molecule has 0 spiro atoms. The second kappa shape index (κ2) is 1.89. The quantitative estimate of drug-likeness (QED) is 0.279. The first kappa shape index (κ1) is 5.58. The Kier molecular flexibility index (Phi) is 2.11. The monoisotopic (exact) mass is 159 g/mol. The van der Waals surface area contributed by atoms with E-state index in [2.05, 4.69) is 11.7 Å². The molecule has 1 aliphatic heterocycles. The van der Waals surface area contributed by atoms with E-state index in [0.717, 1.165) is 6.61 Å². The molecule has 1 saturated heterocycles. The number of ether oxygens (including phenoxy) is 1. The van der Waals surface area contributed by atoms with Gasteiger partial charge in [-0.25, -0.2) is 0 Å². The summed E-state index contributed by atoms with van der Waals surface area (Å²) in [5, 5.41) is 0. The molecule has 31 valence electrons. The summed E-state index contributed by atoms with van der Waals surface area (Å²) in [5.41, 5.74) is 0. The zero-order valence-electron chi connectivity index (χ0n) is 2.75. The van der Waals surface area contributed by atoms with Gasteiger partial charge in [-0.3, -0.25) is 0 Å². The molecule has 1 heterocycles. The maximum atomic E-state index is 4.60. The van der Waals surface area contributed by atoms with Crippen molar-refractivity contribution in [1.82, 2.24) is 0 Å². The molecular weight excluding hydrogens is 153 g/mol. The summed E-state index contributed by atoms with van der Waals surface area (Å²) < 4.78 is 4.60. The van der Waals surface area contributed by atoms with Gasteiger partial charge >= 0.3 is 19.5 Å². The van der Waals surface area contributed by atoms with Crippen molar-refractivity contribution in [3.63, 3.8) is 0 Å². The molecule has 2 heteroatoms. The molecule has 1 fully saturated rings. The van der Waals surface area contributed by atoms with Crippen LogP contribution >= 0.6 is 0 Å². The molecule has 0 bridgehead atoms. The fourth-order valence-corrected chi connectivity index (χ4v) is 0.0680. The molecule has 1 nitrogen and oxygen atoms in total. The Hall–Kier alpha value is 0.583. The van der Waals surface area contributed by atoms with Gasteiger partial charge in [0.15, 0.2) is 0 Å². The smallest absolute Gasteiger partial charge is 0.408 e. The van der Waals surface area contributed by atoms with Crippen LogP contribution in [-0.2, 0) is 24.2 Å². The van der Waals surface area contributed by atoms with Crippen molar-refractivity contribution in [2.45, 2.75) is 6.10 Å². The van der Waals surface area contributed by atoms with Crippen LogP contribution in [-0.4, -0.2) is 12.7 Å². The van der Waals surface area contributed by atoms with E-state index in [1.54, 1.807) is 0 Å². The first-order chi connectivity index (χ1) is 1.89. The van der Waals surface area contributed by atoms with Crippen LogP contribution in [0.3, 0.4) is 0 Å². The SMILES string of the molecule is [CH2-]C1CO1.[Ru+]. The molecule has 1 atom stereocenters. The molecule has 1 aliphatic rings. The van der Waals surface area contributed by atoms with E-state index >= 15 is 0 Å². The van der Waals surface area contributed by atoms with Gasteiger partial charge in [0.25, 0.3) is 0 Å². The zero-order valence-corrected chi connectivity index (χ0v) is 4.49. The molecule has 5 heavy (non-hydrogen) atoms. The van der Waals surface area contributed by atoms with Crippen molar-refractivity contribution >= 4 is 0 Å². The predicted molar refractivity (Wildman–Crippen MR) is 15.1 cm³/mol. The fraction of sp³-hybridized carbons (Fsp3) is 0.667. The average molecular weight is 158 g/mol. The molecular formula is C3H5ORu. The van der Waals surface area contributed by atoms with Crippen molar-refractivity contribution in [3.05, 3.63) is 6.92 Å². The number of rotatable bonds is 0. The molecule has 0 saturated carbocycles. The van der Waals surface area contributed by atoms with Gasteiger partial charge in [0.1, 0.15) is 0 Å². The first-order valence-corrected chi connectivity index (χ1v) is 1.34. The van der Waals surface area contributed by atoms with Gasteiger partial charge in [0, 0.05) is 6.61 Å². The maximum Gasteiger partial charge on any atom is 1.00 e. The van der Waals surface area contributed by atoms with Crippen LogP contribution in [0.25, 0.3) is 0 Å². The van der Waals surface area contributed by atoms with Gasteiger partial charge in [-0.2, -0.15) is 0 Å². The zero-order chi connectivity index (χ0) is 2.99. The van der Waals surface area contributed by atoms with E-state index in [9.17, 15) is 0 Å². The van der Waals surface area contributed by atoms with Crippen LogP contribution in [0.4, 0.5) is 0 Å². The van der Waals surface area contributed by atoms with Crippen LogP contribution in [0, 0.1) is 6.92 Å². The van der Waals surface area contributed by atoms with Crippen LogP contribution in [0.15, 0.2) is 0 Å². The first-order valence-electron chi connectivity index (χ1n) is 1.34. The maximum absolute atomic E-state index is 4.60. The molecule has 0 amide bonds. The minimum atomic E-state index is 0. The molecule has 1 rings (SSSR count). The molecule has 0 aromatic heterocycles. The summed E-state index contributed by atoms with van der Waals surface area (Å²) in [6.07, 6.45) is 0.333. The van der Waals surface area contributed by atoms with Gasteiger partial charge in [0.2, 0.25) is 0 Å². The van der Waals surface area contributed by atoms with Crippen molar-refractivity contribution in [3.8, 4) is 0 Å². The Labute approximate surface area is 44.5 Å². The summed E-state index contributed by atoms with van der Waals surface area (Å²) in [6, 6.07) is 0. The van der Waals surface area contributed by atoms with Gasteiger partial charge in [-0.15, -0.1) is 0 Å². The van der Waals surface area contributed by atoms with Crippen molar-refractivity contribution < 1.29 is 24.2 Å². The Balaban J connectivity index is 0.000000160. The summed E-state index contributed by atoms with van der Waals surface area (Å²) >= 11 is 0. The van der Waals surface area contributed by atoms with Crippen LogP contribution < -0.4 is 0 Å². The van der Waals surface area contributed by atoms with E-state index in [1.807, 2.05) is 0 Å². The summed E-state index contributed by atoms with van der Waals surface area (Å²) in [4.78, 5) is 0. The molecule has 0 aromatic rings. The number of epoxide rings is 1. The minimum absolute atomic E-state index is 0. The Morgan fingerprint density at radius 2 is 2.00 bits per heavy atom. The molecule has 1 radical (unpaired) electrons. The van der Waals surface area contributed by atoms with Gasteiger partial charge in [-0.1, -0.05) is 0 Å². The third-order valence-corrected chi connectivity index (χ3v) is 0.402.